The molecule has 0 aromatic heterocycles. The van der Waals surface area contributed by atoms with Gasteiger partial charge in [0.1, 0.15) is 0 Å². The van der Waals surface area contributed by atoms with Crippen LogP contribution in [0.5, 0.6) is 0 Å². The molecule has 0 saturated heterocycles. The van der Waals surface area contributed by atoms with Crippen molar-refractivity contribution in [3.05, 3.63) is 152 Å². The van der Waals surface area contributed by atoms with Crippen LogP contribution in [0.1, 0.15) is 0 Å². The predicted molar refractivity (Wildman–Crippen MR) is 151 cm³/mol. The van der Waals surface area contributed by atoms with Crippen molar-refractivity contribution in [2.75, 3.05) is 0 Å². The maximum atomic E-state index is 12.1. The van der Waals surface area contributed by atoms with Gasteiger partial charge in [-0.05, 0) is 0 Å². The van der Waals surface area contributed by atoms with E-state index >= 15 is 0 Å². The number of rotatable bonds is 4. The maximum absolute atomic E-state index is 12.1. The Balaban J connectivity index is 0.000000165. The van der Waals surface area contributed by atoms with Crippen molar-refractivity contribution >= 4 is 63.9 Å². The zero-order chi connectivity index (χ0) is 26.6. The van der Waals surface area contributed by atoms with Crippen LogP contribution in [-0.4, -0.2) is 24.7 Å². The van der Waals surface area contributed by atoms with Crippen LogP contribution in [0.3, 0.4) is 0 Å². The second kappa shape index (κ2) is 14.3. The number of benzene rings is 5. The summed E-state index contributed by atoms with van der Waals surface area (Å²) in [7, 11) is -7.29. The fraction of sp³-hybridized carbons (Fsp3) is 0. The summed E-state index contributed by atoms with van der Waals surface area (Å²) in [5.74, 6) is 0. The van der Waals surface area contributed by atoms with E-state index in [0.29, 0.717) is 21.2 Å². The van der Waals surface area contributed by atoms with E-state index in [9.17, 15) is 18.9 Å². The monoisotopic (exact) mass is 720 g/mol. The molecule has 0 atom stereocenters. The van der Waals surface area contributed by atoms with Gasteiger partial charge in [-0.25, -0.2) is 0 Å². The van der Waals surface area contributed by atoms with E-state index in [1.165, 1.54) is 28.0 Å². The fourth-order valence-corrected chi connectivity index (χ4v) is 6.75. The molecule has 0 heterocycles. The van der Waals surface area contributed by atoms with Gasteiger partial charge in [-0.15, -0.1) is 0 Å². The van der Waals surface area contributed by atoms with Crippen molar-refractivity contribution in [3.63, 3.8) is 0 Å². The summed E-state index contributed by atoms with van der Waals surface area (Å²) >= 11 is 1.36. The Morgan fingerprint density at radius 3 is 0.730 bits per heavy atom. The molecule has 37 heavy (non-hydrogen) atoms. The van der Waals surface area contributed by atoms with Gasteiger partial charge in [0.2, 0.25) is 0 Å². The topological polar surface area (TPSA) is 80.3 Å². The minimum atomic E-state index is -3.65. The molecule has 0 aliphatic rings. The second-order valence-corrected chi connectivity index (χ2v) is 14.1. The molecule has 184 valence electrons. The van der Waals surface area contributed by atoms with Gasteiger partial charge in [-0.2, -0.15) is 0 Å². The Morgan fingerprint density at radius 1 is 0.378 bits per heavy atom. The van der Waals surface area contributed by atoms with Crippen molar-refractivity contribution in [1.29, 1.82) is 0 Å². The van der Waals surface area contributed by atoms with Crippen molar-refractivity contribution in [2.45, 2.75) is 0 Å². The molecule has 4 nitrogen and oxygen atoms in total. The minimum absolute atomic E-state index is 0.358. The molecule has 0 aliphatic carbocycles. The van der Waals surface area contributed by atoms with E-state index in [-0.39, 0.29) is 0 Å². The van der Waals surface area contributed by atoms with Gasteiger partial charge in [0.15, 0.2) is 0 Å². The molecule has 2 radical (unpaired) electrons. The average molecular weight is 720 g/mol. The summed E-state index contributed by atoms with van der Waals surface area (Å²) in [6.07, 6.45) is 0. The van der Waals surface area contributed by atoms with Crippen LogP contribution in [-0.2, 0) is 9.13 Å². The van der Waals surface area contributed by atoms with Crippen LogP contribution < -0.4 is 34.3 Å². The van der Waals surface area contributed by atoms with Crippen LogP contribution in [0.25, 0.3) is 0 Å². The van der Waals surface area contributed by atoms with Crippen molar-refractivity contribution in [1.82, 2.24) is 0 Å². The van der Waals surface area contributed by atoms with Gasteiger partial charge in [-0.3, -0.25) is 0 Å². The summed E-state index contributed by atoms with van der Waals surface area (Å²) in [6.45, 7) is 0. The van der Waals surface area contributed by atoms with Gasteiger partial charge in [0.25, 0.3) is 0 Å². The molecule has 0 N–H and O–H groups in total. The zero-order valence-corrected chi connectivity index (χ0v) is 25.2. The first-order valence-electron chi connectivity index (χ1n) is 11.4. The van der Waals surface area contributed by atoms with E-state index in [2.05, 4.69) is 24.3 Å². The van der Waals surface area contributed by atoms with E-state index in [1.807, 2.05) is 6.07 Å². The van der Waals surface area contributed by atoms with Crippen LogP contribution in [0.4, 0.5) is 0 Å². The molecule has 0 fully saturated rings. The molecule has 7 heteroatoms. The average Bonchev–Trinajstić information content (AvgIpc) is 2.96. The Labute approximate surface area is 233 Å². The third-order valence-corrected chi connectivity index (χ3v) is 10.2. The first-order valence-corrected chi connectivity index (χ1v) is 16.4. The second-order valence-electron chi connectivity index (χ2n) is 7.78. The van der Waals surface area contributed by atoms with Crippen molar-refractivity contribution in [2.24, 2.45) is 0 Å². The van der Waals surface area contributed by atoms with Crippen molar-refractivity contribution in [3.8, 4) is 0 Å². The van der Waals surface area contributed by atoms with Gasteiger partial charge in [-0.1, -0.05) is 121 Å². The normalized spacial score (nSPS) is 10.8. The van der Waals surface area contributed by atoms with E-state index in [1.54, 1.807) is 121 Å². The molecule has 0 amide bonds. The number of hydrogen-bond acceptors (Lipinski definition) is 4. The summed E-state index contributed by atoms with van der Waals surface area (Å²) in [5, 5.41) is 1.43. The summed E-state index contributed by atoms with van der Waals surface area (Å²) in [6, 6.07) is 44.3. The third kappa shape index (κ3) is 8.72. The van der Waals surface area contributed by atoms with Crippen molar-refractivity contribution < 1.29 is 18.9 Å². The molecule has 5 rings (SSSR count). The van der Waals surface area contributed by atoms with Crippen LogP contribution in [0.15, 0.2) is 152 Å². The molecule has 5 aromatic carbocycles. The molecule has 0 spiro atoms. The molecule has 0 bridgehead atoms. The van der Waals surface area contributed by atoms with Crippen LogP contribution in [0, 0.1) is 0 Å². The van der Waals surface area contributed by atoms with Crippen LogP contribution >= 0.6 is 14.7 Å². The molecule has 0 aliphatic heterocycles. The van der Waals surface area contributed by atoms with E-state index in [4.69, 9.17) is 0 Å². The summed E-state index contributed by atoms with van der Waals surface area (Å²) in [4.78, 5) is 24.1. The molecule has 5 aromatic rings. The Bertz CT molecular complexity index is 1250. The van der Waals surface area contributed by atoms with Gasteiger partial charge in [0.05, 0.1) is 14.7 Å². The molecular formula is C30H25BiO4P2. The standard InChI is InChI=1S/2C12H11O2P.C6H5.Bi/c2*13-15(14,11-7-3-1-4-8-11)12-9-5-2-6-10-12;1-2-4-6-5-3-1;/h2*1-10H,(H,13,14);1-5H;/q;;;+2/p-2. The van der Waals surface area contributed by atoms with Crippen LogP contribution in [0.2, 0.25) is 0 Å². The van der Waals surface area contributed by atoms with E-state index < -0.39 is 14.7 Å². The molecule has 0 saturated carbocycles. The predicted octanol–water partition coefficient (Wildman–Crippen LogP) is 3.03. The fourth-order valence-electron chi connectivity index (χ4n) is 3.22. The Morgan fingerprint density at radius 2 is 0.568 bits per heavy atom. The molecular weight excluding hydrogens is 695 g/mol. The molecule has 0 unspecified atom stereocenters. The van der Waals surface area contributed by atoms with Gasteiger partial charge < -0.3 is 18.9 Å². The zero-order valence-electron chi connectivity index (χ0n) is 19.9. The Hall–Kier alpha value is -2.64. The number of hydrogen-bond donors (Lipinski definition) is 0. The van der Waals surface area contributed by atoms with Gasteiger partial charge >= 0.3 is 58.3 Å². The Kier molecular flexibility index (Phi) is 11.2. The summed E-state index contributed by atoms with van der Waals surface area (Å²) in [5.41, 5.74) is 0. The summed E-state index contributed by atoms with van der Waals surface area (Å²) < 4.78 is 25.6. The third-order valence-electron chi connectivity index (χ3n) is 5.14. The van der Waals surface area contributed by atoms with Gasteiger partial charge in [0, 0.05) is 21.2 Å². The van der Waals surface area contributed by atoms with E-state index in [0.717, 1.165) is 0 Å². The SMILES string of the molecule is O=P([O-])(c1ccccc1)c1ccccc1.O=P([O-])(c1ccccc1)c1ccccc1.[Bi+2][c]1ccccc1. The first kappa shape index (κ1) is 28.9. The first-order chi connectivity index (χ1) is 17.8. The quantitative estimate of drug-likeness (QED) is 0.212.